The molecular formula is C15H27IN4O2. The molecule has 1 fully saturated rings. The van der Waals surface area contributed by atoms with Crippen LogP contribution >= 0.6 is 24.0 Å². The standard InChI is InChI=1S/C15H26N4O2.HI/c1-5-16-15(19(4)9-13-6-7-20-10-13)17-8-14-18-11(2)12(3)21-14;/h13H,5-10H2,1-4H3,(H,16,17);1H. The second-order valence-corrected chi connectivity index (χ2v) is 5.53. The Balaban J connectivity index is 0.00000242. The predicted octanol–water partition coefficient (Wildman–Crippen LogP) is 2.34. The molecule has 1 unspecified atom stereocenters. The zero-order valence-corrected chi connectivity index (χ0v) is 16.2. The molecular weight excluding hydrogens is 395 g/mol. The number of aromatic nitrogens is 1. The van der Waals surface area contributed by atoms with Crippen LogP contribution in [0.4, 0.5) is 0 Å². The van der Waals surface area contributed by atoms with Crippen molar-refractivity contribution in [2.24, 2.45) is 10.9 Å². The molecule has 1 aromatic rings. The van der Waals surface area contributed by atoms with Gasteiger partial charge in [-0.2, -0.15) is 0 Å². The minimum absolute atomic E-state index is 0. The number of hydrogen-bond acceptors (Lipinski definition) is 4. The van der Waals surface area contributed by atoms with Crippen LogP contribution in [0.15, 0.2) is 9.41 Å². The van der Waals surface area contributed by atoms with Crippen molar-refractivity contribution >= 4 is 29.9 Å². The summed E-state index contributed by atoms with van der Waals surface area (Å²) in [6.45, 7) is 9.92. The second kappa shape index (κ2) is 9.34. The topological polar surface area (TPSA) is 62.9 Å². The normalized spacial score (nSPS) is 18.2. The summed E-state index contributed by atoms with van der Waals surface area (Å²) in [5, 5.41) is 3.31. The summed E-state index contributed by atoms with van der Waals surface area (Å²) in [6.07, 6.45) is 1.13. The number of rotatable bonds is 5. The first-order valence-corrected chi connectivity index (χ1v) is 7.60. The molecule has 7 heteroatoms. The number of halogens is 1. The summed E-state index contributed by atoms with van der Waals surface area (Å²) in [6, 6.07) is 0. The van der Waals surface area contributed by atoms with Crippen molar-refractivity contribution in [3.8, 4) is 0 Å². The number of nitrogens with one attached hydrogen (secondary N) is 1. The van der Waals surface area contributed by atoms with E-state index in [0.717, 1.165) is 50.1 Å². The van der Waals surface area contributed by atoms with E-state index >= 15 is 0 Å². The van der Waals surface area contributed by atoms with E-state index in [9.17, 15) is 0 Å². The van der Waals surface area contributed by atoms with Crippen LogP contribution in [0.5, 0.6) is 0 Å². The van der Waals surface area contributed by atoms with E-state index in [-0.39, 0.29) is 24.0 Å². The molecule has 1 N–H and O–H groups in total. The monoisotopic (exact) mass is 422 g/mol. The highest BCUT2D eigenvalue weighted by Crippen LogP contribution is 2.13. The molecule has 0 amide bonds. The van der Waals surface area contributed by atoms with Gasteiger partial charge in [-0.05, 0) is 27.2 Å². The molecule has 1 aliphatic heterocycles. The summed E-state index contributed by atoms with van der Waals surface area (Å²) in [7, 11) is 2.06. The molecule has 1 saturated heterocycles. The van der Waals surface area contributed by atoms with E-state index < -0.39 is 0 Å². The van der Waals surface area contributed by atoms with E-state index in [1.54, 1.807) is 0 Å². The van der Waals surface area contributed by atoms with E-state index in [4.69, 9.17) is 9.15 Å². The summed E-state index contributed by atoms with van der Waals surface area (Å²) in [5.74, 6) is 3.00. The van der Waals surface area contributed by atoms with Gasteiger partial charge in [0.15, 0.2) is 5.96 Å². The van der Waals surface area contributed by atoms with Gasteiger partial charge in [0.05, 0.1) is 12.3 Å². The Hall–Kier alpha value is -0.830. The molecule has 1 atom stereocenters. The molecule has 0 bridgehead atoms. The molecule has 2 rings (SSSR count). The summed E-state index contributed by atoms with van der Waals surface area (Å²) >= 11 is 0. The van der Waals surface area contributed by atoms with Gasteiger partial charge in [-0.15, -0.1) is 24.0 Å². The molecule has 0 radical (unpaired) electrons. The quantitative estimate of drug-likeness (QED) is 0.449. The first-order chi connectivity index (χ1) is 10.1. The number of nitrogens with zero attached hydrogens (tertiary/aromatic N) is 3. The third-order valence-electron chi connectivity index (χ3n) is 3.69. The highest BCUT2D eigenvalue weighted by Gasteiger charge is 2.19. The lowest BCUT2D eigenvalue weighted by Crippen LogP contribution is -2.41. The van der Waals surface area contributed by atoms with Crippen LogP contribution in [-0.2, 0) is 11.3 Å². The molecule has 0 saturated carbocycles. The van der Waals surface area contributed by atoms with Crippen molar-refractivity contribution in [1.82, 2.24) is 15.2 Å². The number of aliphatic imine (C=N–C) groups is 1. The fourth-order valence-electron chi connectivity index (χ4n) is 2.42. The maximum Gasteiger partial charge on any atom is 0.216 e. The third-order valence-corrected chi connectivity index (χ3v) is 3.69. The average Bonchev–Trinajstić information content (AvgIpc) is 3.05. The highest BCUT2D eigenvalue weighted by atomic mass is 127. The zero-order valence-electron chi connectivity index (χ0n) is 13.9. The van der Waals surface area contributed by atoms with E-state index in [1.165, 1.54) is 0 Å². The summed E-state index contributed by atoms with van der Waals surface area (Å²) < 4.78 is 11.0. The Morgan fingerprint density at radius 2 is 2.23 bits per heavy atom. The highest BCUT2D eigenvalue weighted by molar-refractivity contribution is 14.0. The minimum Gasteiger partial charge on any atom is -0.444 e. The Morgan fingerprint density at radius 3 is 2.77 bits per heavy atom. The number of hydrogen-bond donors (Lipinski definition) is 1. The maximum absolute atomic E-state index is 5.57. The lowest BCUT2D eigenvalue weighted by Gasteiger charge is -2.24. The molecule has 0 aliphatic carbocycles. The fourth-order valence-corrected chi connectivity index (χ4v) is 2.42. The van der Waals surface area contributed by atoms with E-state index in [1.807, 2.05) is 13.8 Å². The van der Waals surface area contributed by atoms with Crippen molar-refractivity contribution in [3.63, 3.8) is 0 Å². The molecule has 126 valence electrons. The number of aryl methyl sites for hydroxylation is 2. The molecule has 1 aliphatic rings. The molecule has 1 aromatic heterocycles. The molecule has 0 aromatic carbocycles. The van der Waals surface area contributed by atoms with Gasteiger partial charge >= 0.3 is 0 Å². The van der Waals surface area contributed by atoms with E-state index in [2.05, 4.69) is 34.2 Å². The number of guanidine groups is 1. The molecule has 0 spiro atoms. The Bertz CT molecular complexity index is 464. The zero-order chi connectivity index (χ0) is 15.2. The van der Waals surface area contributed by atoms with Gasteiger partial charge < -0.3 is 19.4 Å². The molecule has 6 nitrogen and oxygen atoms in total. The first kappa shape index (κ1) is 19.2. The van der Waals surface area contributed by atoms with Crippen molar-refractivity contribution in [3.05, 3.63) is 17.3 Å². The van der Waals surface area contributed by atoms with Crippen molar-refractivity contribution in [1.29, 1.82) is 0 Å². The van der Waals surface area contributed by atoms with Gasteiger partial charge in [-0.3, -0.25) is 0 Å². The molecule has 22 heavy (non-hydrogen) atoms. The van der Waals surface area contributed by atoms with Crippen LogP contribution in [0, 0.1) is 19.8 Å². The maximum atomic E-state index is 5.57. The van der Waals surface area contributed by atoms with Gasteiger partial charge in [-0.1, -0.05) is 0 Å². The predicted molar refractivity (Wildman–Crippen MR) is 97.8 cm³/mol. The van der Waals surface area contributed by atoms with Crippen LogP contribution in [0.25, 0.3) is 0 Å². The first-order valence-electron chi connectivity index (χ1n) is 7.60. The summed E-state index contributed by atoms with van der Waals surface area (Å²) in [4.78, 5) is 11.1. The Labute approximate surface area is 149 Å². The number of ether oxygens (including phenoxy) is 1. The smallest absolute Gasteiger partial charge is 0.216 e. The largest absolute Gasteiger partial charge is 0.444 e. The Morgan fingerprint density at radius 1 is 1.45 bits per heavy atom. The molecule has 2 heterocycles. The van der Waals surface area contributed by atoms with Crippen LogP contribution in [0.3, 0.4) is 0 Å². The van der Waals surface area contributed by atoms with Crippen LogP contribution < -0.4 is 5.32 Å². The van der Waals surface area contributed by atoms with Crippen LogP contribution in [-0.4, -0.2) is 49.2 Å². The Kier molecular flexibility index (Phi) is 8.16. The van der Waals surface area contributed by atoms with Crippen LogP contribution in [0.2, 0.25) is 0 Å². The SMILES string of the molecule is CCNC(=NCc1nc(C)c(C)o1)N(C)CC1CCOC1.I. The lowest BCUT2D eigenvalue weighted by molar-refractivity contribution is 0.181. The van der Waals surface area contributed by atoms with Crippen molar-refractivity contribution < 1.29 is 9.15 Å². The van der Waals surface area contributed by atoms with Gasteiger partial charge in [0, 0.05) is 32.7 Å². The lowest BCUT2D eigenvalue weighted by atomic mass is 10.1. The van der Waals surface area contributed by atoms with Crippen molar-refractivity contribution in [2.45, 2.75) is 33.7 Å². The third kappa shape index (κ3) is 5.42. The van der Waals surface area contributed by atoms with Gasteiger partial charge in [-0.25, -0.2) is 9.98 Å². The van der Waals surface area contributed by atoms with Gasteiger partial charge in [0.1, 0.15) is 12.3 Å². The number of oxazole rings is 1. The van der Waals surface area contributed by atoms with Crippen LogP contribution in [0.1, 0.15) is 30.7 Å². The van der Waals surface area contributed by atoms with Crippen molar-refractivity contribution in [2.75, 3.05) is 33.4 Å². The van der Waals surface area contributed by atoms with E-state index in [0.29, 0.717) is 18.4 Å². The summed E-state index contributed by atoms with van der Waals surface area (Å²) in [5.41, 5.74) is 0.932. The fraction of sp³-hybridized carbons (Fsp3) is 0.733. The average molecular weight is 422 g/mol. The second-order valence-electron chi connectivity index (χ2n) is 5.53. The minimum atomic E-state index is 0. The van der Waals surface area contributed by atoms with Gasteiger partial charge in [0.2, 0.25) is 5.89 Å². The van der Waals surface area contributed by atoms with Gasteiger partial charge in [0.25, 0.3) is 0 Å².